The van der Waals surface area contributed by atoms with Crippen LogP contribution in [-0.2, 0) is 4.79 Å². The number of amides is 1. The number of rotatable bonds is 7. The Morgan fingerprint density at radius 2 is 1.52 bits per heavy atom. The first-order chi connectivity index (χ1) is 14.3. The van der Waals surface area contributed by atoms with E-state index < -0.39 is 0 Å². The van der Waals surface area contributed by atoms with Crippen LogP contribution in [0.25, 0.3) is 0 Å². The summed E-state index contributed by atoms with van der Waals surface area (Å²) in [5, 5.41) is 6.53. The predicted octanol–water partition coefficient (Wildman–Crippen LogP) is 3.39. The zero-order chi connectivity index (χ0) is 20.3. The van der Waals surface area contributed by atoms with Gasteiger partial charge in [0.25, 0.3) is 0 Å². The molecule has 5 nitrogen and oxygen atoms in total. The topological polar surface area (TPSA) is 56.7 Å². The van der Waals surface area contributed by atoms with E-state index in [0.717, 1.165) is 38.9 Å². The number of carbonyl (C=O) groups is 1. The highest BCUT2D eigenvalue weighted by molar-refractivity contribution is 5.86. The van der Waals surface area contributed by atoms with Gasteiger partial charge in [0.2, 0.25) is 5.91 Å². The van der Waals surface area contributed by atoms with Crippen LogP contribution in [0.1, 0.15) is 42.7 Å². The van der Waals surface area contributed by atoms with Gasteiger partial charge in [-0.15, -0.1) is 0 Å². The molecule has 0 bridgehead atoms. The molecular formula is C24H32N4O. The Balaban J connectivity index is 1.52. The van der Waals surface area contributed by atoms with Crippen LogP contribution in [0.5, 0.6) is 0 Å². The number of nitrogens with zero attached hydrogens (tertiary/aromatic N) is 2. The minimum Gasteiger partial charge on any atom is -0.356 e. The van der Waals surface area contributed by atoms with E-state index >= 15 is 0 Å². The number of benzene rings is 2. The molecule has 1 aliphatic rings. The highest BCUT2D eigenvalue weighted by atomic mass is 16.2. The molecule has 2 aromatic carbocycles. The normalized spacial score (nSPS) is 14.7. The van der Waals surface area contributed by atoms with Gasteiger partial charge in [-0.1, -0.05) is 60.7 Å². The maximum atomic E-state index is 12.4. The number of nitrogens with one attached hydrogen (secondary N) is 2. The summed E-state index contributed by atoms with van der Waals surface area (Å²) >= 11 is 0. The fraction of sp³-hybridized carbons (Fsp3) is 0.417. The first-order valence-electron chi connectivity index (χ1n) is 10.6. The minimum atomic E-state index is 0.152. The molecule has 0 aromatic heterocycles. The second kappa shape index (κ2) is 11.2. The molecule has 0 saturated carbocycles. The molecular weight excluding hydrogens is 360 g/mol. The molecule has 0 unspecified atom stereocenters. The van der Waals surface area contributed by atoms with Crippen molar-refractivity contribution < 1.29 is 4.79 Å². The number of aliphatic imine (C=N–C) groups is 1. The average molecular weight is 393 g/mol. The lowest BCUT2D eigenvalue weighted by Crippen LogP contribution is -2.46. The summed E-state index contributed by atoms with van der Waals surface area (Å²) in [7, 11) is 1.74. The smallest absolute Gasteiger partial charge is 0.241 e. The number of hydrogen-bond acceptors (Lipinski definition) is 2. The molecule has 5 heteroatoms. The van der Waals surface area contributed by atoms with Crippen LogP contribution in [0.2, 0.25) is 0 Å². The molecule has 1 saturated heterocycles. The van der Waals surface area contributed by atoms with E-state index in [4.69, 9.17) is 0 Å². The first kappa shape index (κ1) is 20.9. The average Bonchev–Trinajstić information content (AvgIpc) is 2.80. The van der Waals surface area contributed by atoms with E-state index in [1.165, 1.54) is 17.5 Å². The fourth-order valence-corrected chi connectivity index (χ4v) is 3.87. The van der Waals surface area contributed by atoms with Crippen molar-refractivity contribution in [2.45, 2.75) is 31.6 Å². The van der Waals surface area contributed by atoms with Crippen LogP contribution in [0, 0.1) is 0 Å². The minimum absolute atomic E-state index is 0.152. The Kier molecular flexibility index (Phi) is 8.11. The number of carbonyl (C=O) groups excluding carboxylic acids is 1. The van der Waals surface area contributed by atoms with E-state index in [-0.39, 0.29) is 5.91 Å². The van der Waals surface area contributed by atoms with Crippen molar-refractivity contribution >= 4 is 11.9 Å². The second-order valence-corrected chi connectivity index (χ2v) is 7.46. The van der Waals surface area contributed by atoms with Gasteiger partial charge >= 0.3 is 0 Å². The zero-order valence-corrected chi connectivity index (χ0v) is 17.3. The molecule has 2 aromatic rings. The van der Waals surface area contributed by atoms with Crippen LogP contribution in [0.15, 0.2) is 65.7 Å². The largest absolute Gasteiger partial charge is 0.356 e. The van der Waals surface area contributed by atoms with Gasteiger partial charge in [-0.25, -0.2) is 0 Å². The monoisotopic (exact) mass is 392 g/mol. The van der Waals surface area contributed by atoms with E-state index in [0.29, 0.717) is 18.4 Å². The van der Waals surface area contributed by atoms with E-state index in [1.54, 1.807) is 7.05 Å². The summed E-state index contributed by atoms with van der Waals surface area (Å²) in [6.45, 7) is 2.82. The number of guanidine groups is 1. The Morgan fingerprint density at radius 1 is 0.931 bits per heavy atom. The molecule has 3 rings (SSSR count). The highest BCUT2D eigenvalue weighted by Crippen LogP contribution is 2.27. The molecule has 0 spiro atoms. The summed E-state index contributed by atoms with van der Waals surface area (Å²) in [5.41, 5.74) is 2.62. The number of piperidine rings is 1. The van der Waals surface area contributed by atoms with Gasteiger partial charge < -0.3 is 15.5 Å². The third kappa shape index (κ3) is 6.34. The van der Waals surface area contributed by atoms with Gasteiger partial charge in [-0.2, -0.15) is 0 Å². The number of hydrogen-bond donors (Lipinski definition) is 2. The molecule has 2 N–H and O–H groups in total. The van der Waals surface area contributed by atoms with Crippen LogP contribution in [0.4, 0.5) is 0 Å². The Labute approximate surface area is 174 Å². The highest BCUT2D eigenvalue weighted by Gasteiger charge is 2.17. The third-order valence-corrected chi connectivity index (χ3v) is 5.47. The molecule has 0 aliphatic carbocycles. The van der Waals surface area contributed by atoms with Gasteiger partial charge in [-0.05, 0) is 36.8 Å². The van der Waals surface area contributed by atoms with Crippen molar-refractivity contribution in [2.24, 2.45) is 4.99 Å². The van der Waals surface area contributed by atoms with Gasteiger partial charge in [0.1, 0.15) is 0 Å². The van der Waals surface area contributed by atoms with Gasteiger partial charge in [-0.3, -0.25) is 9.79 Å². The van der Waals surface area contributed by atoms with Gasteiger partial charge in [0, 0.05) is 32.6 Å². The first-order valence-corrected chi connectivity index (χ1v) is 10.6. The summed E-state index contributed by atoms with van der Waals surface area (Å²) in [6.07, 6.45) is 4.39. The lowest BCUT2D eigenvalue weighted by atomic mass is 9.88. The van der Waals surface area contributed by atoms with Crippen LogP contribution in [-0.4, -0.2) is 50.0 Å². The zero-order valence-electron chi connectivity index (χ0n) is 17.3. The second-order valence-electron chi connectivity index (χ2n) is 7.46. The Hall–Kier alpha value is -2.82. The van der Waals surface area contributed by atoms with Crippen LogP contribution >= 0.6 is 0 Å². The predicted molar refractivity (Wildman–Crippen MR) is 119 cm³/mol. The lowest BCUT2D eigenvalue weighted by Gasteiger charge is -2.27. The lowest BCUT2D eigenvalue weighted by molar-refractivity contribution is -0.130. The molecule has 29 heavy (non-hydrogen) atoms. The number of likely N-dealkylation sites (tertiary alicyclic amines) is 1. The molecule has 1 fully saturated rings. The van der Waals surface area contributed by atoms with Gasteiger partial charge in [0.05, 0.1) is 6.54 Å². The van der Waals surface area contributed by atoms with E-state index in [1.807, 2.05) is 4.90 Å². The van der Waals surface area contributed by atoms with Crippen molar-refractivity contribution in [1.82, 2.24) is 15.5 Å². The summed E-state index contributed by atoms with van der Waals surface area (Å²) in [5.74, 6) is 1.15. The summed E-state index contributed by atoms with van der Waals surface area (Å²) < 4.78 is 0. The summed E-state index contributed by atoms with van der Waals surface area (Å²) in [6, 6.07) is 21.2. The molecule has 1 amide bonds. The Bertz CT molecular complexity index is 730. The van der Waals surface area contributed by atoms with Crippen molar-refractivity contribution in [3.8, 4) is 0 Å². The fourth-order valence-electron chi connectivity index (χ4n) is 3.87. The van der Waals surface area contributed by atoms with Crippen molar-refractivity contribution in [1.29, 1.82) is 0 Å². The Morgan fingerprint density at radius 3 is 2.07 bits per heavy atom. The molecule has 0 radical (unpaired) electrons. The van der Waals surface area contributed by atoms with Crippen molar-refractivity contribution in [3.05, 3.63) is 71.8 Å². The standard InChI is InChI=1S/C24H32N4O/c1-25-24(27-19-23(29)28-17-9-4-10-18-28)26-16-15-22(20-11-5-2-6-12-20)21-13-7-3-8-14-21/h2-3,5-8,11-14,22H,4,9-10,15-19H2,1H3,(H2,25,26,27). The third-order valence-electron chi connectivity index (χ3n) is 5.47. The maximum Gasteiger partial charge on any atom is 0.241 e. The van der Waals surface area contributed by atoms with E-state index in [9.17, 15) is 4.79 Å². The molecule has 1 heterocycles. The van der Waals surface area contributed by atoms with E-state index in [2.05, 4.69) is 76.3 Å². The maximum absolute atomic E-state index is 12.4. The molecule has 0 atom stereocenters. The summed E-state index contributed by atoms with van der Waals surface area (Å²) in [4.78, 5) is 18.6. The van der Waals surface area contributed by atoms with Crippen molar-refractivity contribution in [3.63, 3.8) is 0 Å². The van der Waals surface area contributed by atoms with Crippen LogP contribution in [0.3, 0.4) is 0 Å². The SMILES string of the molecule is CN=C(NCCC(c1ccccc1)c1ccccc1)NCC(=O)N1CCCCC1. The van der Waals surface area contributed by atoms with Gasteiger partial charge in [0.15, 0.2) is 5.96 Å². The molecule has 154 valence electrons. The van der Waals surface area contributed by atoms with Crippen molar-refractivity contribution in [2.75, 3.05) is 33.2 Å². The molecule has 1 aliphatic heterocycles. The quantitative estimate of drug-likeness (QED) is 0.561. The van der Waals surface area contributed by atoms with Crippen LogP contribution < -0.4 is 10.6 Å².